The van der Waals surface area contributed by atoms with Crippen molar-refractivity contribution in [3.8, 4) is 0 Å². The zero-order valence-corrected chi connectivity index (χ0v) is 10.1. The Morgan fingerprint density at radius 2 is 2.15 bits per heavy atom. The van der Waals surface area contributed by atoms with Crippen molar-refractivity contribution in [1.82, 2.24) is 0 Å². The first kappa shape index (κ1) is 10.9. The van der Waals surface area contributed by atoms with Crippen molar-refractivity contribution in [1.29, 1.82) is 0 Å². The number of ketones is 1. The van der Waals surface area contributed by atoms with Crippen LogP contribution >= 0.6 is 31.9 Å². The molecule has 0 saturated carbocycles. The molecule has 0 fully saturated rings. The molecule has 0 amide bonds. The topological polar surface area (TPSA) is 17.1 Å². The summed E-state index contributed by atoms with van der Waals surface area (Å²) in [6.07, 6.45) is 0. The van der Waals surface area contributed by atoms with Gasteiger partial charge in [0.25, 0.3) is 0 Å². The van der Waals surface area contributed by atoms with Gasteiger partial charge >= 0.3 is 0 Å². The number of hydrogen-bond acceptors (Lipinski definition) is 1. The predicted octanol–water partition coefficient (Wildman–Crippen LogP) is 3.47. The third-order valence-corrected chi connectivity index (χ3v) is 3.06. The van der Waals surface area contributed by atoms with Gasteiger partial charge in [-0.1, -0.05) is 31.9 Å². The fraction of sp³-hybridized carbons (Fsp3) is 0.222. The van der Waals surface area contributed by atoms with Crippen LogP contribution in [0.4, 0.5) is 4.39 Å². The summed E-state index contributed by atoms with van der Waals surface area (Å²) >= 11 is 6.23. The van der Waals surface area contributed by atoms with Gasteiger partial charge in [0.05, 0.1) is 5.33 Å². The first-order chi connectivity index (χ1) is 6.06. The summed E-state index contributed by atoms with van der Waals surface area (Å²) in [7, 11) is 0. The summed E-state index contributed by atoms with van der Waals surface area (Å²) in [5.41, 5.74) is 1.19. The Labute approximate surface area is 92.6 Å². The zero-order chi connectivity index (χ0) is 10.0. The number of hydrogen-bond donors (Lipinski definition) is 0. The molecule has 0 N–H and O–H groups in total. The van der Waals surface area contributed by atoms with E-state index >= 15 is 0 Å². The van der Waals surface area contributed by atoms with Gasteiger partial charge < -0.3 is 0 Å². The molecule has 0 aliphatic carbocycles. The SMILES string of the molecule is Cc1c(Br)cc(F)cc1C(=O)CBr. The largest absolute Gasteiger partial charge is 0.293 e. The van der Waals surface area contributed by atoms with Gasteiger partial charge in [-0.3, -0.25) is 4.79 Å². The molecule has 0 aliphatic rings. The van der Waals surface area contributed by atoms with Crippen molar-refractivity contribution in [2.24, 2.45) is 0 Å². The van der Waals surface area contributed by atoms with E-state index in [0.29, 0.717) is 10.0 Å². The van der Waals surface area contributed by atoms with Crippen LogP contribution in [0.15, 0.2) is 16.6 Å². The number of carbonyl (C=O) groups is 1. The lowest BCUT2D eigenvalue weighted by Crippen LogP contribution is -2.03. The van der Waals surface area contributed by atoms with Crippen molar-refractivity contribution in [3.05, 3.63) is 33.5 Å². The minimum absolute atomic E-state index is 0.113. The maximum absolute atomic E-state index is 12.9. The molecule has 13 heavy (non-hydrogen) atoms. The van der Waals surface area contributed by atoms with Crippen LogP contribution in [-0.2, 0) is 0 Å². The van der Waals surface area contributed by atoms with E-state index in [0.717, 1.165) is 5.56 Å². The second-order valence-corrected chi connectivity index (χ2v) is 4.03. The number of alkyl halides is 1. The lowest BCUT2D eigenvalue weighted by molar-refractivity contribution is 0.102. The van der Waals surface area contributed by atoms with Crippen LogP contribution in [0, 0.1) is 12.7 Å². The highest BCUT2D eigenvalue weighted by Crippen LogP contribution is 2.22. The minimum atomic E-state index is -0.401. The maximum atomic E-state index is 12.9. The summed E-state index contributed by atoms with van der Waals surface area (Å²) in [5.74, 6) is -0.514. The van der Waals surface area contributed by atoms with E-state index in [2.05, 4.69) is 31.9 Å². The number of carbonyl (C=O) groups excluding carboxylic acids is 1. The summed E-state index contributed by atoms with van der Waals surface area (Å²) in [6, 6.07) is 2.60. The van der Waals surface area contributed by atoms with Crippen LogP contribution in [0.1, 0.15) is 15.9 Å². The standard InChI is InChI=1S/C9H7Br2FO/c1-5-7(9(13)4-10)2-6(12)3-8(5)11/h2-3H,4H2,1H3. The average Bonchev–Trinajstić information content (AvgIpc) is 2.10. The molecule has 0 spiro atoms. The fourth-order valence-electron chi connectivity index (χ4n) is 1.01. The molecule has 0 heterocycles. The first-order valence-corrected chi connectivity index (χ1v) is 5.52. The Kier molecular flexibility index (Phi) is 3.62. The Morgan fingerprint density at radius 3 is 2.69 bits per heavy atom. The minimum Gasteiger partial charge on any atom is -0.293 e. The highest BCUT2D eigenvalue weighted by molar-refractivity contribution is 9.10. The van der Waals surface area contributed by atoms with Crippen molar-refractivity contribution in [2.75, 3.05) is 5.33 Å². The highest BCUT2D eigenvalue weighted by atomic mass is 79.9. The van der Waals surface area contributed by atoms with Crippen LogP contribution in [0.25, 0.3) is 0 Å². The van der Waals surface area contributed by atoms with Crippen LogP contribution in [0.3, 0.4) is 0 Å². The molecule has 0 bridgehead atoms. The Morgan fingerprint density at radius 1 is 1.54 bits per heavy atom. The third kappa shape index (κ3) is 2.38. The zero-order valence-electron chi connectivity index (χ0n) is 6.90. The Balaban J connectivity index is 3.28. The van der Waals surface area contributed by atoms with Crippen molar-refractivity contribution in [2.45, 2.75) is 6.92 Å². The van der Waals surface area contributed by atoms with Crippen molar-refractivity contribution < 1.29 is 9.18 Å². The van der Waals surface area contributed by atoms with Crippen molar-refractivity contribution in [3.63, 3.8) is 0 Å². The lowest BCUT2D eigenvalue weighted by Gasteiger charge is -2.05. The van der Waals surface area contributed by atoms with E-state index in [1.807, 2.05) is 0 Å². The van der Waals surface area contributed by atoms with E-state index in [9.17, 15) is 9.18 Å². The molecule has 1 rings (SSSR count). The van der Waals surface area contributed by atoms with E-state index in [1.165, 1.54) is 12.1 Å². The van der Waals surface area contributed by atoms with E-state index < -0.39 is 5.82 Å². The van der Waals surface area contributed by atoms with Crippen LogP contribution in [0.2, 0.25) is 0 Å². The molecule has 1 aromatic carbocycles. The van der Waals surface area contributed by atoms with Crippen LogP contribution in [-0.4, -0.2) is 11.1 Å². The molecule has 0 atom stereocenters. The molecular formula is C9H7Br2FO. The van der Waals surface area contributed by atoms with Crippen LogP contribution < -0.4 is 0 Å². The van der Waals surface area contributed by atoms with Gasteiger partial charge in [-0.15, -0.1) is 0 Å². The highest BCUT2D eigenvalue weighted by Gasteiger charge is 2.11. The molecule has 0 aromatic heterocycles. The molecule has 0 saturated heterocycles. The van der Waals surface area contributed by atoms with Gasteiger partial charge in [0.2, 0.25) is 0 Å². The third-order valence-electron chi connectivity index (χ3n) is 1.73. The van der Waals surface area contributed by atoms with Crippen LogP contribution in [0.5, 0.6) is 0 Å². The maximum Gasteiger partial charge on any atom is 0.173 e. The molecular weight excluding hydrogens is 303 g/mol. The van der Waals surface area contributed by atoms with Gasteiger partial charge in [0, 0.05) is 10.0 Å². The second kappa shape index (κ2) is 4.33. The monoisotopic (exact) mass is 308 g/mol. The molecule has 1 nitrogen and oxygen atoms in total. The summed E-state index contributed by atoms with van der Waals surface area (Å²) in [6.45, 7) is 1.78. The smallest absolute Gasteiger partial charge is 0.173 e. The van der Waals surface area contributed by atoms with E-state index in [-0.39, 0.29) is 11.1 Å². The molecule has 70 valence electrons. The van der Waals surface area contributed by atoms with Gasteiger partial charge in [0.1, 0.15) is 5.82 Å². The molecule has 0 unspecified atom stereocenters. The predicted molar refractivity (Wildman–Crippen MR) is 57.0 cm³/mol. The van der Waals surface area contributed by atoms with Crippen molar-refractivity contribution >= 4 is 37.6 Å². The van der Waals surface area contributed by atoms with Gasteiger partial charge in [0.15, 0.2) is 5.78 Å². The average molecular weight is 310 g/mol. The van der Waals surface area contributed by atoms with Gasteiger partial charge in [-0.05, 0) is 24.6 Å². The fourth-order valence-corrected chi connectivity index (χ4v) is 1.74. The number of halogens is 3. The number of Topliss-reactive ketones (excluding diaryl/α,β-unsaturated/α-hetero) is 1. The number of benzene rings is 1. The normalized spacial score (nSPS) is 10.2. The molecule has 0 radical (unpaired) electrons. The first-order valence-electron chi connectivity index (χ1n) is 3.61. The molecule has 0 aliphatic heterocycles. The van der Waals surface area contributed by atoms with Gasteiger partial charge in [-0.25, -0.2) is 4.39 Å². The van der Waals surface area contributed by atoms with E-state index in [1.54, 1.807) is 6.92 Å². The molecule has 1 aromatic rings. The Hall–Kier alpha value is -0.220. The van der Waals surface area contributed by atoms with Gasteiger partial charge in [-0.2, -0.15) is 0 Å². The summed E-state index contributed by atoms with van der Waals surface area (Å²) in [4.78, 5) is 11.3. The Bertz CT molecular complexity index is 350. The molecule has 4 heteroatoms. The quantitative estimate of drug-likeness (QED) is 0.604. The summed E-state index contributed by atoms with van der Waals surface area (Å²) in [5, 5.41) is 0.212. The summed E-state index contributed by atoms with van der Waals surface area (Å²) < 4.78 is 13.5. The van der Waals surface area contributed by atoms with E-state index in [4.69, 9.17) is 0 Å². The second-order valence-electron chi connectivity index (χ2n) is 2.62. The lowest BCUT2D eigenvalue weighted by atomic mass is 10.1. The number of rotatable bonds is 2.